The second-order valence-corrected chi connectivity index (χ2v) is 4.23. The second-order valence-electron chi connectivity index (χ2n) is 3.49. The predicted molar refractivity (Wildman–Crippen MR) is 65.3 cm³/mol. The molecule has 2 aromatic rings. The smallest absolute Gasteiger partial charge is 0.344 e. The number of carboxylic acid groups (broad SMARTS) is 1. The van der Waals surface area contributed by atoms with Crippen molar-refractivity contribution in [2.45, 2.75) is 13.0 Å². The quantitative estimate of drug-likeness (QED) is 0.905. The zero-order valence-electron chi connectivity index (χ0n) is 9.16. The van der Waals surface area contributed by atoms with Crippen LogP contribution < -0.4 is 4.74 Å². The highest BCUT2D eigenvalue weighted by Crippen LogP contribution is 2.33. The molecule has 0 saturated carbocycles. The highest BCUT2D eigenvalue weighted by atomic mass is 32.1. The molecule has 0 bridgehead atoms. The Bertz CT molecular complexity index is 509. The number of thiophene rings is 1. The normalized spacial score (nSPS) is 12.1. The molecule has 88 valence electrons. The first-order valence-electron chi connectivity index (χ1n) is 5.04. The summed E-state index contributed by atoms with van der Waals surface area (Å²) in [6.45, 7) is 1.51. The summed E-state index contributed by atoms with van der Waals surface area (Å²) in [4.78, 5) is 14.8. The second kappa shape index (κ2) is 4.97. The topological polar surface area (TPSA) is 59.4 Å². The molecule has 17 heavy (non-hydrogen) atoms. The summed E-state index contributed by atoms with van der Waals surface area (Å²) < 4.78 is 5.38. The highest BCUT2D eigenvalue weighted by molar-refractivity contribution is 7.08. The van der Waals surface area contributed by atoms with Gasteiger partial charge in [0.1, 0.15) is 5.75 Å². The van der Waals surface area contributed by atoms with Gasteiger partial charge in [0, 0.05) is 34.3 Å². The Labute approximate surface area is 103 Å². The van der Waals surface area contributed by atoms with Crippen LogP contribution in [-0.4, -0.2) is 22.2 Å². The van der Waals surface area contributed by atoms with E-state index in [1.807, 2.05) is 17.5 Å². The van der Waals surface area contributed by atoms with Crippen LogP contribution >= 0.6 is 11.3 Å². The fourth-order valence-corrected chi connectivity index (χ4v) is 2.11. The maximum Gasteiger partial charge on any atom is 0.344 e. The van der Waals surface area contributed by atoms with E-state index in [1.165, 1.54) is 18.3 Å². The maximum atomic E-state index is 10.7. The Balaban J connectivity index is 2.26. The van der Waals surface area contributed by atoms with Crippen molar-refractivity contribution >= 4 is 17.3 Å². The van der Waals surface area contributed by atoms with Gasteiger partial charge in [-0.2, -0.15) is 0 Å². The minimum atomic E-state index is -0.978. The summed E-state index contributed by atoms with van der Waals surface area (Å²) in [5.74, 6) is -0.397. The SMILES string of the molecule is CC(Oc1cscc1-c1cccnc1)C(=O)O. The van der Waals surface area contributed by atoms with E-state index < -0.39 is 12.1 Å². The van der Waals surface area contributed by atoms with E-state index >= 15 is 0 Å². The fraction of sp³-hybridized carbons (Fsp3) is 0.167. The lowest BCUT2D eigenvalue weighted by molar-refractivity contribution is -0.144. The molecule has 2 aromatic heterocycles. The van der Waals surface area contributed by atoms with Gasteiger partial charge in [0.15, 0.2) is 6.10 Å². The summed E-state index contributed by atoms with van der Waals surface area (Å²) >= 11 is 1.47. The third-order valence-corrected chi connectivity index (χ3v) is 2.97. The third-order valence-electron chi connectivity index (χ3n) is 2.25. The van der Waals surface area contributed by atoms with E-state index in [9.17, 15) is 4.79 Å². The van der Waals surface area contributed by atoms with E-state index in [2.05, 4.69) is 4.98 Å². The number of pyridine rings is 1. The molecule has 1 unspecified atom stereocenters. The first-order valence-corrected chi connectivity index (χ1v) is 5.99. The summed E-state index contributed by atoms with van der Waals surface area (Å²) in [6, 6.07) is 3.74. The minimum Gasteiger partial charge on any atom is -0.479 e. The lowest BCUT2D eigenvalue weighted by atomic mass is 10.1. The van der Waals surface area contributed by atoms with Crippen molar-refractivity contribution in [3.63, 3.8) is 0 Å². The minimum absolute atomic E-state index is 0.581. The molecule has 0 radical (unpaired) electrons. The predicted octanol–water partition coefficient (Wildman–Crippen LogP) is 2.66. The summed E-state index contributed by atoms with van der Waals surface area (Å²) in [7, 11) is 0. The first-order chi connectivity index (χ1) is 8.18. The van der Waals surface area contributed by atoms with Crippen molar-refractivity contribution in [1.82, 2.24) is 4.98 Å². The van der Waals surface area contributed by atoms with Crippen LogP contribution in [0, 0.1) is 0 Å². The van der Waals surface area contributed by atoms with Crippen molar-refractivity contribution in [2.24, 2.45) is 0 Å². The molecule has 1 atom stereocenters. The molecule has 0 aromatic carbocycles. The summed E-state index contributed by atoms with van der Waals surface area (Å²) in [5, 5.41) is 12.5. The van der Waals surface area contributed by atoms with Gasteiger partial charge in [-0.05, 0) is 13.0 Å². The first kappa shape index (κ1) is 11.6. The van der Waals surface area contributed by atoms with E-state index in [0.29, 0.717) is 5.75 Å². The molecule has 0 fully saturated rings. The standard InChI is InChI=1S/C12H11NO3S/c1-8(12(14)15)16-11-7-17-6-10(11)9-3-2-4-13-5-9/h2-8H,1H3,(H,14,15). The number of hydrogen-bond acceptors (Lipinski definition) is 4. The van der Waals surface area contributed by atoms with Crippen LogP contribution in [0.15, 0.2) is 35.3 Å². The van der Waals surface area contributed by atoms with Crippen molar-refractivity contribution in [1.29, 1.82) is 0 Å². The van der Waals surface area contributed by atoms with E-state index in [-0.39, 0.29) is 0 Å². The Hall–Kier alpha value is -1.88. The molecule has 0 aliphatic heterocycles. The summed E-state index contributed by atoms with van der Waals surface area (Å²) in [5.41, 5.74) is 1.79. The van der Waals surface area contributed by atoms with E-state index in [4.69, 9.17) is 9.84 Å². The van der Waals surface area contributed by atoms with Crippen LogP contribution in [0.1, 0.15) is 6.92 Å². The fourth-order valence-electron chi connectivity index (χ4n) is 1.35. The number of carboxylic acids is 1. The molecule has 0 saturated heterocycles. The van der Waals surface area contributed by atoms with E-state index in [1.54, 1.807) is 17.8 Å². The van der Waals surface area contributed by atoms with Gasteiger partial charge < -0.3 is 9.84 Å². The molecule has 1 N–H and O–H groups in total. The Kier molecular flexibility index (Phi) is 3.39. The van der Waals surface area contributed by atoms with Crippen LogP contribution in [0.3, 0.4) is 0 Å². The number of hydrogen-bond donors (Lipinski definition) is 1. The van der Waals surface area contributed by atoms with Crippen molar-refractivity contribution in [3.05, 3.63) is 35.3 Å². The lowest BCUT2D eigenvalue weighted by Crippen LogP contribution is -2.22. The van der Waals surface area contributed by atoms with Crippen molar-refractivity contribution in [2.75, 3.05) is 0 Å². The summed E-state index contributed by atoms with van der Waals surface area (Å²) in [6.07, 6.45) is 2.55. The molecule has 0 spiro atoms. The third kappa shape index (κ3) is 2.62. The molecule has 5 heteroatoms. The van der Waals surface area contributed by atoms with Crippen LogP contribution in [0.2, 0.25) is 0 Å². The number of aromatic nitrogens is 1. The maximum absolute atomic E-state index is 10.7. The van der Waals surface area contributed by atoms with Gasteiger partial charge in [0.25, 0.3) is 0 Å². The zero-order valence-corrected chi connectivity index (χ0v) is 9.98. The van der Waals surface area contributed by atoms with Crippen LogP contribution in [0.5, 0.6) is 5.75 Å². The highest BCUT2D eigenvalue weighted by Gasteiger charge is 2.16. The van der Waals surface area contributed by atoms with Gasteiger partial charge in [0.2, 0.25) is 0 Å². The number of carbonyl (C=O) groups is 1. The van der Waals surface area contributed by atoms with Gasteiger partial charge in [0.05, 0.1) is 0 Å². The molecule has 2 rings (SSSR count). The van der Waals surface area contributed by atoms with Gasteiger partial charge in [-0.1, -0.05) is 6.07 Å². The molecule has 0 amide bonds. The molecule has 2 heterocycles. The van der Waals surface area contributed by atoms with Gasteiger partial charge in [-0.3, -0.25) is 4.98 Å². The molecule has 0 aliphatic rings. The Morgan fingerprint density at radius 3 is 3.00 bits per heavy atom. The van der Waals surface area contributed by atoms with Crippen LogP contribution in [-0.2, 0) is 4.79 Å². The molecule has 0 aliphatic carbocycles. The number of aliphatic carboxylic acids is 1. The van der Waals surface area contributed by atoms with Crippen LogP contribution in [0.25, 0.3) is 11.1 Å². The van der Waals surface area contributed by atoms with Gasteiger partial charge in [-0.15, -0.1) is 11.3 Å². The monoisotopic (exact) mass is 249 g/mol. The Morgan fingerprint density at radius 2 is 2.35 bits per heavy atom. The lowest BCUT2D eigenvalue weighted by Gasteiger charge is -2.10. The molecular weight excluding hydrogens is 238 g/mol. The average Bonchev–Trinajstić information content (AvgIpc) is 2.78. The van der Waals surface area contributed by atoms with E-state index in [0.717, 1.165) is 11.1 Å². The van der Waals surface area contributed by atoms with Gasteiger partial charge >= 0.3 is 5.97 Å². The Morgan fingerprint density at radius 1 is 1.53 bits per heavy atom. The van der Waals surface area contributed by atoms with Gasteiger partial charge in [-0.25, -0.2) is 4.79 Å². The number of nitrogens with zero attached hydrogens (tertiary/aromatic N) is 1. The zero-order chi connectivity index (χ0) is 12.3. The average molecular weight is 249 g/mol. The molecule has 4 nitrogen and oxygen atoms in total. The number of ether oxygens (including phenoxy) is 1. The molecular formula is C12H11NO3S. The largest absolute Gasteiger partial charge is 0.479 e. The number of rotatable bonds is 4. The van der Waals surface area contributed by atoms with Crippen LogP contribution in [0.4, 0.5) is 0 Å². The van der Waals surface area contributed by atoms with Crippen molar-refractivity contribution in [3.8, 4) is 16.9 Å². The van der Waals surface area contributed by atoms with Crippen molar-refractivity contribution < 1.29 is 14.6 Å².